The molecule has 0 saturated carbocycles. The van der Waals surface area contributed by atoms with Crippen LogP contribution in [0, 0.1) is 20.8 Å². The molecule has 0 saturated heterocycles. The fourth-order valence-electron chi connectivity index (χ4n) is 2.46. The number of benzene rings is 2. The molecule has 2 aromatic carbocycles. The molecular formula is C17H21NS. The van der Waals surface area contributed by atoms with Gasteiger partial charge < -0.3 is 5.32 Å². The van der Waals surface area contributed by atoms with E-state index in [-0.39, 0.29) is 0 Å². The molecule has 0 aliphatic carbocycles. The lowest BCUT2D eigenvalue weighted by Crippen LogP contribution is -2.04. The van der Waals surface area contributed by atoms with E-state index in [1.807, 2.05) is 0 Å². The summed E-state index contributed by atoms with van der Waals surface area (Å²) < 4.78 is 0. The van der Waals surface area contributed by atoms with Crippen LogP contribution in [0.15, 0.2) is 41.3 Å². The second kappa shape index (κ2) is 6.16. The van der Waals surface area contributed by atoms with Crippen LogP contribution in [0.4, 0.5) is 5.69 Å². The zero-order valence-electron chi connectivity index (χ0n) is 12.1. The van der Waals surface area contributed by atoms with Gasteiger partial charge in [-0.25, -0.2) is 0 Å². The fraction of sp³-hybridized carbons (Fsp3) is 0.294. The molecule has 0 fully saturated rings. The summed E-state index contributed by atoms with van der Waals surface area (Å²) in [6.07, 6.45) is 2.11. The van der Waals surface area contributed by atoms with E-state index in [0.717, 1.165) is 6.54 Å². The second-order valence-corrected chi connectivity index (χ2v) is 5.78. The number of aryl methyl sites for hydroxylation is 3. The van der Waals surface area contributed by atoms with Gasteiger partial charge >= 0.3 is 0 Å². The van der Waals surface area contributed by atoms with E-state index < -0.39 is 0 Å². The Kier molecular flexibility index (Phi) is 4.54. The van der Waals surface area contributed by atoms with E-state index in [1.54, 1.807) is 11.8 Å². The lowest BCUT2D eigenvalue weighted by atomic mass is 10.00. The van der Waals surface area contributed by atoms with Crippen molar-refractivity contribution < 1.29 is 0 Å². The first-order valence-corrected chi connectivity index (χ1v) is 7.78. The average molecular weight is 271 g/mol. The largest absolute Gasteiger partial charge is 0.380 e. The van der Waals surface area contributed by atoms with E-state index >= 15 is 0 Å². The van der Waals surface area contributed by atoms with Gasteiger partial charge in [0.15, 0.2) is 0 Å². The van der Waals surface area contributed by atoms with E-state index in [0.29, 0.717) is 0 Å². The van der Waals surface area contributed by atoms with Gasteiger partial charge in [-0.1, -0.05) is 29.8 Å². The molecule has 100 valence electrons. The average Bonchev–Trinajstić information content (AvgIpc) is 2.38. The Morgan fingerprint density at radius 3 is 2.26 bits per heavy atom. The zero-order chi connectivity index (χ0) is 13.8. The Morgan fingerprint density at radius 1 is 1.00 bits per heavy atom. The van der Waals surface area contributed by atoms with Gasteiger partial charge in [-0.2, -0.15) is 0 Å². The summed E-state index contributed by atoms with van der Waals surface area (Å²) in [4.78, 5) is 1.30. The maximum atomic E-state index is 3.56. The number of para-hydroxylation sites is 1. The molecule has 0 aliphatic heterocycles. The predicted octanol–water partition coefficient (Wildman–Crippen LogP) is 4.95. The quantitative estimate of drug-likeness (QED) is 0.790. The molecule has 0 bridgehead atoms. The molecule has 0 atom stereocenters. The Morgan fingerprint density at radius 2 is 1.63 bits per heavy atom. The van der Waals surface area contributed by atoms with Crippen LogP contribution >= 0.6 is 11.8 Å². The van der Waals surface area contributed by atoms with E-state index in [4.69, 9.17) is 0 Å². The summed E-state index contributed by atoms with van der Waals surface area (Å²) in [6, 6.07) is 13.0. The molecule has 0 spiro atoms. The van der Waals surface area contributed by atoms with Crippen molar-refractivity contribution in [1.82, 2.24) is 0 Å². The van der Waals surface area contributed by atoms with E-state index in [2.05, 4.69) is 68.7 Å². The maximum Gasteiger partial charge on any atom is 0.0480 e. The predicted molar refractivity (Wildman–Crippen MR) is 86.2 cm³/mol. The second-order valence-electron chi connectivity index (χ2n) is 4.93. The van der Waals surface area contributed by atoms with Crippen LogP contribution in [0.2, 0.25) is 0 Å². The van der Waals surface area contributed by atoms with Crippen molar-refractivity contribution in [2.45, 2.75) is 32.2 Å². The summed E-state index contributed by atoms with van der Waals surface area (Å²) in [5.74, 6) is 0. The summed E-state index contributed by atoms with van der Waals surface area (Å²) in [5.41, 5.74) is 6.69. The Hall–Kier alpha value is -1.41. The molecule has 0 amide bonds. The third-order valence-corrected chi connectivity index (χ3v) is 4.20. The van der Waals surface area contributed by atoms with Crippen molar-refractivity contribution in [2.75, 3.05) is 11.6 Å². The lowest BCUT2D eigenvalue weighted by molar-refractivity contribution is 1.07. The van der Waals surface area contributed by atoms with Crippen molar-refractivity contribution in [3.05, 3.63) is 58.7 Å². The number of rotatable bonds is 4. The van der Waals surface area contributed by atoms with Gasteiger partial charge in [0.1, 0.15) is 0 Å². The zero-order valence-corrected chi connectivity index (χ0v) is 12.9. The topological polar surface area (TPSA) is 12.0 Å². The number of anilines is 1. The molecular weight excluding hydrogens is 250 g/mol. The van der Waals surface area contributed by atoms with Crippen LogP contribution in [0.25, 0.3) is 0 Å². The first kappa shape index (κ1) is 14.0. The minimum Gasteiger partial charge on any atom is -0.380 e. The minimum absolute atomic E-state index is 0.884. The normalized spacial score (nSPS) is 10.5. The highest BCUT2D eigenvalue weighted by Crippen LogP contribution is 2.26. The summed E-state index contributed by atoms with van der Waals surface area (Å²) in [6.45, 7) is 7.42. The van der Waals surface area contributed by atoms with Crippen LogP contribution in [-0.2, 0) is 6.54 Å². The van der Waals surface area contributed by atoms with Crippen LogP contribution < -0.4 is 5.32 Å². The molecule has 1 N–H and O–H groups in total. The number of nitrogens with one attached hydrogen (secondary N) is 1. The Labute approximate surface area is 120 Å². The molecule has 0 heterocycles. The highest BCUT2D eigenvalue weighted by Gasteiger charge is 2.05. The third-order valence-electron chi connectivity index (χ3n) is 3.40. The maximum absolute atomic E-state index is 3.56. The molecule has 2 aromatic rings. The third kappa shape index (κ3) is 3.32. The smallest absolute Gasteiger partial charge is 0.0480 e. The number of hydrogen-bond acceptors (Lipinski definition) is 2. The highest BCUT2D eigenvalue weighted by molar-refractivity contribution is 7.98. The van der Waals surface area contributed by atoms with Gasteiger partial charge in [0.05, 0.1) is 0 Å². The van der Waals surface area contributed by atoms with Crippen molar-refractivity contribution in [3.8, 4) is 0 Å². The monoisotopic (exact) mass is 271 g/mol. The molecule has 0 radical (unpaired) electrons. The molecule has 2 heteroatoms. The molecule has 0 aromatic heterocycles. The van der Waals surface area contributed by atoms with Gasteiger partial charge in [-0.05, 0) is 55.9 Å². The first-order chi connectivity index (χ1) is 9.11. The molecule has 0 unspecified atom stereocenters. The van der Waals surface area contributed by atoms with E-state index in [9.17, 15) is 0 Å². The fourth-order valence-corrected chi connectivity index (χ4v) is 3.04. The standard InChI is InChI=1S/C17H21NS/c1-12-9-13(2)15(14(3)10-12)11-18-16-7-5-6-8-17(16)19-4/h5-10,18H,11H2,1-4H3. The van der Waals surface area contributed by atoms with Gasteiger partial charge in [0, 0.05) is 17.1 Å². The van der Waals surface area contributed by atoms with Crippen molar-refractivity contribution >= 4 is 17.4 Å². The van der Waals surface area contributed by atoms with E-state index in [1.165, 1.54) is 32.8 Å². The van der Waals surface area contributed by atoms with Crippen LogP contribution in [-0.4, -0.2) is 6.26 Å². The summed E-state index contributed by atoms with van der Waals surface area (Å²) in [5, 5.41) is 3.56. The van der Waals surface area contributed by atoms with Crippen LogP contribution in [0.1, 0.15) is 22.3 Å². The highest BCUT2D eigenvalue weighted by atomic mass is 32.2. The van der Waals surface area contributed by atoms with Gasteiger partial charge in [-0.15, -0.1) is 11.8 Å². The SMILES string of the molecule is CSc1ccccc1NCc1c(C)cc(C)cc1C. The van der Waals surface area contributed by atoms with Crippen LogP contribution in [0.3, 0.4) is 0 Å². The van der Waals surface area contributed by atoms with Crippen molar-refractivity contribution in [1.29, 1.82) is 0 Å². The number of thioether (sulfide) groups is 1. The van der Waals surface area contributed by atoms with Gasteiger partial charge in [0.25, 0.3) is 0 Å². The van der Waals surface area contributed by atoms with Crippen molar-refractivity contribution in [3.63, 3.8) is 0 Å². The Bertz CT molecular complexity index is 552. The minimum atomic E-state index is 0.884. The first-order valence-electron chi connectivity index (χ1n) is 6.55. The molecule has 19 heavy (non-hydrogen) atoms. The van der Waals surface area contributed by atoms with Gasteiger partial charge in [0.2, 0.25) is 0 Å². The summed E-state index contributed by atoms with van der Waals surface area (Å²) in [7, 11) is 0. The number of hydrogen-bond donors (Lipinski definition) is 1. The molecule has 2 rings (SSSR count). The molecule has 1 nitrogen and oxygen atoms in total. The Balaban J connectivity index is 2.19. The molecule has 0 aliphatic rings. The van der Waals surface area contributed by atoms with Crippen LogP contribution in [0.5, 0.6) is 0 Å². The van der Waals surface area contributed by atoms with Crippen molar-refractivity contribution in [2.24, 2.45) is 0 Å². The van der Waals surface area contributed by atoms with Gasteiger partial charge in [-0.3, -0.25) is 0 Å². The summed E-state index contributed by atoms with van der Waals surface area (Å²) >= 11 is 1.78. The lowest BCUT2D eigenvalue weighted by Gasteiger charge is -2.15.